The third-order valence-corrected chi connectivity index (χ3v) is 6.74. The van der Waals surface area contributed by atoms with E-state index in [4.69, 9.17) is 4.74 Å². The van der Waals surface area contributed by atoms with E-state index in [2.05, 4.69) is 40.8 Å². The van der Waals surface area contributed by atoms with E-state index >= 15 is 0 Å². The molecule has 3 rings (SSSR count). The van der Waals surface area contributed by atoms with Crippen molar-refractivity contribution in [1.82, 2.24) is 9.80 Å². The van der Waals surface area contributed by atoms with Crippen LogP contribution in [0.3, 0.4) is 0 Å². The molecule has 1 atom stereocenters. The highest BCUT2D eigenvalue weighted by molar-refractivity contribution is 7.10. The van der Waals surface area contributed by atoms with E-state index < -0.39 is 0 Å². The Balaban J connectivity index is 1.73. The Kier molecular flexibility index (Phi) is 7.25. The molecule has 6 heteroatoms. The molecule has 0 spiro atoms. The van der Waals surface area contributed by atoms with Crippen LogP contribution in [0.25, 0.3) is 0 Å². The molecule has 3 aromatic rings. The zero-order valence-electron chi connectivity index (χ0n) is 16.5. The molecule has 4 nitrogen and oxygen atoms in total. The van der Waals surface area contributed by atoms with Crippen molar-refractivity contribution in [2.45, 2.75) is 26.1 Å². The van der Waals surface area contributed by atoms with Crippen molar-refractivity contribution >= 4 is 28.6 Å². The minimum absolute atomic E-state index is 0.0716. The Morgan fingerprint density at radius 1 is 1.04 bits per heavy atom. The van der Waals surface area contributed by atoms with Crippen molar-refractivity contribution in [3.63, 3.8) is 0 Å². The number of benzene rings is 1. The molecule has 1 amide bonds. The van der Waals surface area contributed by atoms with Crippen LogP contribution in [0.5, 0.6) is 5.75 Å². The molecule has 1 unspecified atom stereocenters. The summed E-state index contributed by atoms with van der Waals surface area (Å²) < 4.78 is 5.50. The van der Waals surface area contributed by atoms with Crippen LogP contribution in [0.15, 0.2) is 59.3 Å². The number of amides is 1. The minimum Gasteiger partial charge on any atom is -0.496 e. The number of hydrogen-bond acceptors (Lipinski definition) is 5. The van der Waals surface area contributed by atoms with Crippen LogP contribution in [0.4, 0.5) is 0 Å². The summed E-state index contributed by atoms with van der Waals surface area (Å²) in [6.45, 7) is 3.84. The molecule has 0 aliphatic heterocycles. The largest absolute Gasteiger partial charge is 0.496 e. The van der Waals surface area contributed by atoms with Crippen molar-refractivity contribution in [3.05, 3.63) is 74.6 Å². The maximum absolute atomic E-state index is 13.0. The van der Waals surface area contributed by atoms with Gasteiger partial charge in [0.15, 0.2) is 0 Å². The molecule has 0 saturated heterocycles. The van der Waals surface area contributed by atoms with E-state index in [1.54, 1.807) is 29.8 Å². The summed E-state index contributed by atoms with van der Waals surface area (Å²) in [5.74, 6) is 0.971. The molecule has 0 aliphatic rings. The maximum Gasteiger partial charge on any atom is 0.237 e. The summed E-state index contributed by atoms with van der Waals surface area (Å²) in [7, 11) is 3.57. The lowest BCUT2D eigenvalue weighted by atomic mass is 10.1. The van der Waals surface area contributed by atoms with Gasteiger partial charge in [0, 0.05) is 35.5 Å². The van der Waals surface area contributed by atoms with Crippen molar-refractivity contribution in [3.8, 4) is 5.75 Å². The topological polar surface area (TPSA) is 32.8 Å². The molecule has 148 valence electrons. The second kappa shape index (κ2) is 9.87. The van der Waals surface area contributed by atoms with Gasteiger partial charge in [-0.3, -0.25) is 9.69 Å². The van der Waals surface area contributed by atoms with Crippen LogP contribution in [0.2, 0.25) is 0 Å². The van der Waals surface area contributed by atoms with Crippen LogP contribution in [0.1, 0.15) is 28.3 Å². The quantitative estimate of drug-likeness (QED) is 0.492. The predicted octanol–water partition coefficient (Wildman–Crippen LogP) is 5.04. The lowest BCUT2D eigenvalue weighted by molar-refractivity contribution is -0.133. The number of rotatable bonds is 9. The average molecular weight is 415 g/mol. The molecule has 1 aromatic carbocycles. The van der Waals surface area contributed by atoms with Crippen LogP contribution < -0.4 is 4.74 Å². The summed E-state index contributed by atoms with van der Waals surface area (Å²) in [5.41, 5.74) is 1.09. The van der Waals surface area contributed by atoms with Crippen molar-refractivity contribution in [2.75, 3.05) is 20.7 Å². The second-order valence-corrected chi connectivity index (χ2v) is 8.74. The standard InChI is InChI=1S/C22H26N2O2S2/c1-17(21-11-7-13-28-21)23(2)22(25)16-24(15-19-9-6-12-27-19)14-18-8-4-5-10-20(18)26-3/h4-13,17H,14-16H2,1-3H3. The van der Waals surface area contributed by atoms with E-state index in [1.807, 2.05) is 42.3 Å². The number of hydrogen-bond donors (Lipinski definition) is 0. The number of likely N-dealkylation sites (N-methyl/N-ethyl adjacent to an activating group) is 1. The first kappa shape index (κ1) is 20.6. The first-order valence-electron chi connectivity index (χ1n) is 9.24. The Morgan fingerprint density at radius 2 is 1.79 bits per heavy atom. The van der Waals surface area contributed by atoms with Crippen molar-refractivity contribution in [1.29, 1.82) is 0 Å². The molecule has 0 N–H and O–H groups in total. The molecular weight excluding hydrogens is 388 g/mol. The van der Waals surface area contributed by atoms with Gasteiger partial charge < -0.3 is 9.64 Å². The van der Waals surface area contributed by atoms with Crippen LogP contribution in [-0.4, -0.2) is 36.4 Å². The average Bonchev–Trinajstić information content (AvgIpc) is 3.41. The highest BCUT2D eigenvalue weighted by Crippen LogP contribution is 2.25. The van der Waals surface area contributed by atoms with Gasteiger partial charge in [0.05, 0.1) is 19.7 Å². The third-order valence-electron chi connectivity index (χ3n) is 4.83. The zero-order valence-corrected chi connectivity index (χ0v) is 18.1. The van der Waals surface area contributed by atoms with Gasteiger partial charge in [-0.1, -0.05) is 30.3 Å². The zero-order chi connectivity index (χ0) is 19.9. The van der Waals surface area contributed by atoms with E-state index in [1.165, 1.54) is 9.75 Å². The summed E-state index contributed by atoms with van der Waals surface area (Å²) >= 11 is 3.40. The van der Waals surface area contributed by atoms with Crippen molar-refractivity contribution < 1.29 is 9.53 Å². The summed E-state index contributed by atoms with van der Waals surface area (Å²) in [5, 5.41) is 4.12. The van der Waals surface area contributed by atoms with E-state index in [-0.39, 0.29) is 11.9 Å². The molecule has 2 heterocycles. The number of carbonyl (C=O) groups is 1. The highest BCUT2D eigenvalue weighted by Gasteiger charge is 2.21. The Labute approximate surface area is 175 Å². The number of methoxy groups -OCH3 is 1. The molecule has 0 bridgehead atoms. The Bertz CT molecular complexity index is 863. The third kappa shape index (κ3) is 5.22. The monoisotopic (exact) mass is 414 g/mol. The molecule has 0 saturated carbocycles. The van der Waals surface area contributed by atoms with Gasteiger partial charge in [-0.05, 0) is 35.9 Å². The lowest BCUT2D eigenvalue weighted by Crippen LogP contribution is -2.38. The number of thiophene rings is 2. The molecular formula is C22H26N2O2S2. The molecule has 0 radical (unpaired) electrons. The van der Waals surface area contributed by atoms with Crippen molar-refractivity contribution in [2.24, 2.45) is 0 Å². The van der Waals surface area contributed by atoms with E-state index in [0.29, 0.717) is 13.1 Å². The number of nitrogens with zero attached hydrogens (tertiary/aromatic N) is 2. The molecule has 0 fully saturated rings. The Morgan fingerprint density at radius 3 is 2.46 bits per heavy atom. The van der Waals surface area contributed by atoms with Gasteiger partial charge in [0.1, 0.15) is 5.75 Å². The fraction of sp³-hybridized carbons (Fsp3) is 0.318. The number of para-hydroxylation sites is 1. The molecule has 2 aromatic heterocycles. The second-order valence-electron chi connectivity index (χ2n) is 6.73. The lowest BCUT2D eigenvalue weighted by Gasteiger charge is -2.28. The number of ether oxygens (including phenoxy) is 1. The van der Waals surface area contributed by atoms with Gasteiger partial charge >= 0.3 is 0 Å². The fourth-order valence-corrected chi connectivity index (χ4v) is 4.68. The van der Waals surface area contributed by atoms with Crippen LogP contribution in [-0.2, 0) is 17.9 Å². The fourth-order valence-electron chi connectivity index (χ4n) is 3.10. The number of carbonyl (C=O) groups excluding carboxylic acids is 1. The summed E-state index contributed by atoms with van der Waals surface area (Å²) in [6.07, 6.45) is 0. The first-order valence-corrected chi connectivity index (χ1v) is 11.0. The van der Waals surface area contributed by atoms with E-state index in [0.717, 1.165) is 17.9 Å². The van der Waals surface area contributed by atoms with Gasteiger partial charge in [0.2, 0.25) is 5.91 Å². The maximum atomic E-state index is 13.0. The molecule has 0 aliphatic carbocycles. The Hall–Kier alpha value is -2.15. The van der Waals surface area contributed by atoms with E-state index in [9.17, 15) is 4.79 Å². The summed E-state index contributed by atoms with van der Waals surface area (Å²) in [4.78, 5) is 19.5. The van der Waals surface area contributed by atoms with Gasteiger partial charge in [-0.15, -0.1) is 22.7 Å². The first-order chi connectivity index (χ1) is 13.6. The minimum atomic E-state index is 0.0716. The van der Waals surface area contributed by atoms with Gasteiger partial charge in [-0.25, -0.2) is 0 Å². The van der Waals surface area contributed by atoms with Crippen LogP contribution in [0, 0.1) is 0 Å². The smallest absolute Gasteiger partial charge is 0.237 e. The molecule has 28 heavy (non-hydrogen) atoms. The SMILES string of the molecule is COc1ccccc1CN(CC(=O)N(C)C(C)c1cccs1)Cc1cccs1. The summed E-state index contributed by atoms with van der Waals surface area (Å²) in [6, 6.07) is 16.3. The predicted molar refractivity (Wildman–Crippen MR) is 117 cm³/mol. The highest BCUT2D eigenvalue weighted by atomic mass is 32.1. The normalized spacial score (nSPS) is 12.1. The van der Waals surface area contributed by atoms with Crippen LogP contribution >= 0.6 is 22.7 Å². The van der Waals surface area contributed by atoms with Gasteiger partial charge in [-0.2, -0.15) is 0 Å². The van der Waals surface area contributed by atoms with Gasteiger partial charge in [0.25, 0.3) is 0 Å².